The second-order valence-electron chi connectivity index (χ2n) is 7.63. The lowest BCUT2D eigenvalue weighted by atomic mass is 9.78. The maximum atomic E-state index is 14.3. The van der Waals surface area contributed by atoms with Gasteiger partial charge in [0.05, 0.1) is 36.9 Å². The molecule has 1 aromatic carbocycles. The van der Waals surface area contributed by atoms with Crippen LogP contribution in [0.25, 0.3) is 0 Å². The summed E-state index contributed by atoms with van der Waals surface area (Å²) in [6, 6.07) is 5.67. The maximum Gasteiger partial charge on any atom is 0.254 e. The summed E-state index contributed by atoms with van der Waals surface area (Å²) in [4.78, 5) is 17.0. The van der Waals surface area contributed by atoms with E-state index in [1.807, 2.05) is 20.8 Å². The van der Waals surface area contributed by atoms with Gasteiger partial charge in [0.1, 0.15) is 6.10 Å². The molecule has 1 aliphatic heterocycles. The second-order valence-corrected chi connectivity index (χ2v) is 7.63. The first-order chi connectivity index (χ1) is 13.7. The zero-order chi connectivity index (χ0) is 21.3. The normalized spacial score (nSPS) is 23.1. The molecule has 1 saturated heterocycles. The third kappa shape index (κ3) is 3.95. The highest BCUT2D eigenvalue weighted by molar-refractivity contribution is 5.95. The highest BCUT2D eigenvalue weighted by Gasteiger charge is 2.51. The molecule has 0 aliphatic carbocycles. The molecular formula is C21H24F2N2O4. The van der Waals surface area contributed by atoms with Crippen LogP contribution in [0.4, 0.5) is 14.5 Å². The van der Waals surface area contributed by atoms with E-state index >= 15 is 0 Å². The van der Waals surface area contributed by atoms with Crippen molar-refractivity contribution in [3.05, 3.63) is 53.4 Å². The first-order valence-corrected chi connectivity index (χ1v) is 9.26. The Labute approximate surface area is 167 Å². The highest BCUT2D eigenvalue weighted by atomic mass is 19.2. The van der Waals surface area contributed by atoms with E-state index < -0.39 is 35.2 Å². The standard InChI is InChI=1S/C21H24F2N2O4/c1-11-16(14-7-8-15(22)17(23)18(14)28-4)19(29-21(11,2)3)20(27)25-12-5-6-13(10-26)24-9-12/h5-9,11,16,19,26H,10H2,1-4H3,(H,25,27)/t11-,16-,19+/m0/s1. The van der Waals surface area contributed by atoms with Gasteiger partial charge in [-0.05, 0) is 38.0 Å². The average Bonchev–Trinajstić information content (AvgIpc) is 2.94. The van der Waals surface area contributed by atoms with E-state index in [0.29, 0.717) is 16.9 Å². The molecule has 29 heavy (non-hydrogen) atoms. The number of hydrogen-bond donors (Lipinski definition) is 2. The number of amides is 1. The molecule has 8 heteroatoms. The number of nitrogens with zero attached hydrogens (tertiary/aromatic N) is 1. The maximum absolute atomic E-state index is 14.3. The van der Waals surface area contributed by atoms with Crippen molar-refractivity contribution >= 4 is 11.6 Å². The van der Waals surface area contributed by atoms with Crippen LogP contribution in [-0.2, 0) is 16.1 Å². The molecule has 0 saturated carbocycles. The molecule has 2 aromatic rings. The van der Waals surface area contributed by atoms with Crippen molar-refractivity contribution in [1.29, 1.82) is 0 Å². The lowest BCUT2D eigenvalue weighted by molar-refractivity contribution is -0.131. The Morgan fingerprint density at radius 3 is 2.62 bits per heavy atom. The Balaban J connectivity index is 1.96. The minimum absolute atomic E-state index is 0.188. The van der Waals surface area contributed by atoms with Gasteiger partial charge in [-0.15, -0.1) is 0 Å². The minimum Gasteiger partial charge on any atom is -0.493 e. The number of ether oxygens (including phenoxy) is 2. The number of hydrogen-bond acceptors (Lipinski definition) is 5. The Hall–Kier alpha value is -2.58. The zero-order valence-corrected chi connectivity index (χ0v) is 16.7. The lowest BCUT2D eigenvalue weighted by Gasteiger charge is -2.25. The van der Waals surface area contributed by atoms with Gasteiger partial charge in [0, 0.05) is 11.5 Å². The number of halogens is 2. The van der Waals surface area contributed by atoms with Gasteiger partial charge in [0.15, 0.2) is 11.6 Å². The van der Waals surface area contributed by atoms with Gasteiger partial charge in [0.25, 0.3) is 5.91 Å². The van der Waals surface area contributed by atoms with Gasteiger partial charge < -0.3 is 19.9 Å². The molecule has 2 N–H and O–H groups in total. The first kappa shape index (κ1) is 21.1. The molecule has 0 bridgehead atoms. The largest absolute Gasteiger partial charge is 0.493 e. The minimum atomic E-state index is -1.09. The number of carbonyl (C=O) groups excluding carboxylic acids is 1. The van der Waals surface area contributed by atoms with Crippen LogP contribution in [0.5, 0.6) is 5.75 Å². The van der Waals surface area contributed by atoms with Crippen molar-refractivity contribution in [2.75, 3.05) is 12.4 Å². The topological polar surface area (TPSA) is 80.7 Å². The molecule has 2 heterocycles. The fourth-order valence-corrected chi connectivity index (χ4v) is 3.67. The summed E-state index contributed by atoms with van der Waals surface area (Å²) < 4.78 is 39.2. The number of anilines is 1. The number of benzene rings is 1. The summed E-state index contributed by atoms with van der Waals surface area (Å²) >= 11 is 0. The summed E-state index contributed by atoms with van der Waals surface area (Å²) in [6.45, 7) is 5.39. The molecule has 0 unspecified atom stereocenters. The predicted molar refractivity (Wildman–Crippen MR) is 103 cm³/mol. The number of carbonyl (C=O) groups is 1. The van der Waals surface area contributed by atoms with Crippen molar-refractivity contribution < 1.29 is 28.2 Å². The average molecular weight is 406 g/mol. The predicted octanol–water partition coefficient (Wildman–Crippen LogP) is 3.40. The van der Waals surface area contributed by atoms with Gasteiger partial charge in [-0.2, -0.15) is 4.39 Å². The summed E-state index contributed by atoms with van der Waals surface area (Å²) in [7, 11) is 1.26. The van der Waals surface area contributed by atoms with Crippen molar-refractivity contribution in [2.45, 2.75) is 45.0 Å². The third-order valence-electron chi connectivity index (χ3n) is 5.55. The van der Waals surface area contributed by atoms with Gasteiger partial charge >= 0.3 is 0 Å². The number of rotatable bonds is 5. The van der Waals surface area contributed by atoms with Crippen LogP contribution < -0.4 is 10.1 Å². The molecule has 1 amide bonds. The summed E-state index contributed by atoms with van der Waals surface area (Å²) in [6.07, 6.45) is 0.483. The van der Waals surface area contributed by atoms with E-state index in [-0.39, 0.29) is 18.3 Å². The van der Waals surface area contributed by atoms with Crippen molar-refractivity contribution in [1.82, 2.24) is 4.98 Å². The number of nitrogens with one attached hydrogen (secondary N) is 1. The fourth-order valence-electron chi connectivity index (χ4n) is 3.67. The molecular weight excluding hydrogens is 382 g/mol. The number of aromatic nitrogens is 1. The molecule has 3 atom stereocenters. The monoisotopic (exact) mass is 406 g/mol. The summed E-state index contributed by atoms with van der Waals surface area (Å²) in [5.74, 6) is -3.52. The smallest absolute Gasteiger partial charge is 0.254 e. The van der Waals surface area contributed by atoms with Gasteiger partial charge in [-0.25, -0.2) is 4.39 Å². The van der Waals surface area contributed by atoms with Crippen LogP contribution in [0, 0.1) is 17.6 Å². The number of methoxy groups -OCH3 is 1. The van der Waals surface area contributed by atoms with Crippen LogP contribution >= 0.6 is 0 Å². The Bertz CT molecular complexity index is 902. The van der Waals surface area contributed by atoms with E-state index in [0.717, 1.165) is 6.07 Å². The van der Waals surface area contributed by atoms with E-state index in [1.165, 1.54) is 19.4 Å². The van der Waals surface area contributed by atoms with E-state index in [9.17, 15) is 13.6 Å². The Kier molecular flexibility index (Phi) is 5.86. The van der Waals surface area contributed by atoms with Crippen molar-refractivity contribution in [3.63, 3.8) is 0 Å². The number of pyridine rings is 1. The van der Waals surface area contributed by atoms with Gasteiger partial charge in [0.2, 0.25) is 5.82 Å². The molecule has 3 rings (SSSR count). The van der Waals surface area contributed by atoms with Gasteiger partial charge in [-0.3, -0.25) is 9.78 Å². The molecule has 6 nitrogen and oxygen atoms in total. The molecule has 1 fully saturated rings. The van der Waals surface area contributed by atoms with Crippen molar-refractivity contribution in [3.8, 4) is 5.75 Å². The van der Waals surface area contributed by atoms with Crippen LogP contribution in [0.2, 0.25) is 0 Å². The van der Waals surface area contributed by atoms with Crippen LogP contribution in [0.1, 0.15) is 37.9 Å². The summed E-state index contributed by atoms with van der Waals surface area (Å²) in [5, 5.41) is 11.8. The van der Waals surface area contributed by atoms with E-state index in [2.05, 4.69) is 10.3 Å². The Morgan fingerprint density at radius 1 is 1.31 bits per heavy atom. The third-order valence-corrected chi connectivity index (χ3v) is 5.55. The van der Waals surface area contributed by atoms with Crippen LogP contribution in [0.15, 0.2) is 30.5 Å². The molecule has 1 aliphatic rings. The number of aliphatic hydroxyl groups excluding tert-OH is 1. The quantitative estimate of drug-likeness (QED) is 0.796. The SMILES string of the molecule is COc1c([C@H]2[C@H](C(=O)Nc3ccc(CO)nc3)OC(C)(C)[C@H]2C)ccc(F)c1F. The Morgan fingerprint density at radius 2 is 2.03 bits per heavy atom. The molecule has 0 radical (unpaired) electrons. The van der Waals surface area contributed by atoms with Crippen LogP contribution in [0.3, 0.4) is 0 Å². The highest BCUT2D eigenvalue weighted by Crippen LogP contribution is 2.49. The number of aliphatic hydroxyl groups is 1. The van der Waals surface area contributed by atoms with Crippen LogP contribution in [-0.4, -0.2) is 34.8 Å². The van der Waals surface area contributed by atoms with Crippen molar-refractivity contribution in [2.24, 2.45) is 5.92 Å². The molecule has 1 aromatic heterocycles. The zero-order valence-electron chi connectivity index (χ0n) is 16.7. The second kappa shape index (κ2) is 8.04. The van der Waals surface area contributed by atoms with E-state index in [4.69, 9.17) is 14.6 Å². The fraction of sp³-hybridized carbons (Fsp3) is 0.429. The molecule has 0 spiro atoms. The first-order valence-electron chi connectivity index (χ1n) is 9.26. The van der Waals surface area contributed by atoms with Gasteiger partial charge in [-0.1, -0.05) is 13.0 Å². The summed E-state index contributed by atoms with van der Waals surface area (Å²) in [5.41, 5.74) is 0.600. The van der Waals surface area contributed by atoms with E-state index in [1.54, 1.807) is 12.1 Å². The molecule has 156 valence electrons. The lowest BCUT2D eigenvalue weighted by Crippen LogP contribution is -2.33.